The molecule has 4 N–H and O–H groups in total. The Balaban J connectivity index is 0.000000279. The van der Waals surface area contributed by atoms with Gasteiger partial charge in [0.05, 0.1) is 12.8 Å². The summed E-state index contributed by atoms with van der Waals surface area (Å²) >= 11 is 0. The molecule has 1 aliphatic rings. The summed E-state index contributed by atoms with van der Waals surface area (Å²) in [4.78, 5) is 19.1. The Morgan fingerprint density at radius 3 is 2.37 bits per heavy atom. The number of nitrogens with two attached hydrogens (primary N) is 1. The third-order valence-electron chi connectivity index (χ3n) is 4.17. The van der Waals surface area contributed by atoms with Gasteiger partial charge in [-0.3, -0.25) is 0 Å². The van der Waals surface area contributed by atoms with Crippen molar-refractivity contribution >= 4 is 11.9 Å². The monoisotopic (exact) mass is 372 g/mol. The number of carboxylic acid groups (broad SMARTS) is 2. The molecule has 0 fully saturated rings. The van der Waals surface area contributed by atoms with E-state index in [4.69, 9.17) is 20.7 Å². The summed E-state index contributed by atoms with van der Waals surface area (Å²) in [6.45, 7) is 5.08. The second kappa shape index (κ2) is 8.55. The van der Waals surface area contributed by atoms with Crippen LogP contribution in [0.4, 0.5) is 0 Å². The third-order valence-corrected chi connectivity index (χ3v) is 4.17. The van der Waals surface area contributed by atoms with Crippen molar-refractivity contribution in [2.24, 2.45) is 5.73 Å². The van der Waals surface area contributed by atoms with E-state index in [1.54, 1.807) is 7.11 Å². The molecule has 1 aromatic heterocycles. The zero-order chi connectivity index (χ0) is 20.1. The molecule has 0 amide bonds. The third kappa shape index (κ3) is 4.98. The molecule has 1 aromatic carbocycles. The van der Waals surface area contributed by atoms with Gasteiger partial charge in [-0.15, -0.1) is 0 Å². The normalized spacial score (nSPS) is 12.7. The van der Waals surface area contributed by atoms with Gasteiger partial charge in [0.2, 0.25) is 0 Å². The van der Waals surface area contributed by atoms with Crippen molar-refractivity contribution < 1.29 is 24.5 Å². The van der Waals surface area contributed by atoms with Gasteiger partial charge < -0.3 is 25.3 Å². The molecule has 1 heterocycles. The minimum absolute atomic E-state index is 0.164. The van der Waals surface area contributed by atoms with Crippen LogP contribution in [0.15, 0.2) is 36.4 Å². The first kappa shape index (κ1) is 20.3. The van der Waals surface area contributed by atoms with Crippen LogP contribution in [0.3, 0.4) is 0 Å². The standard InChI is InChI=1S/C16H20N2O.C4H4O4/c1-10(17)9-18-11(2)6-13-7-12-8-14(19-3)4-5-15(12)16(13)18;5-3(6)1-2-4(7)8/h4-6,8,10H,7,9,17H2,1-3H3;1-2H,(H,5,6)(H,7,8). The van der Waals surface area contributed by atoms with Gasteiger partial charge in [0.25, 0.3) is 0 Å². The highest BCUT2D eigenvalue weighted by Gasteiger charge is 2.24. The lowest BCUT2D eigenvalue weighted by Crippen LogP contribution is -2.23. The lowest BCUT2D eigenvalue weighted by Gasteiger charge is -2.14. The Labute approximate surface area is 157 Å². The van der Waals surface area contributed by atoms with Crippen molar-refractivity contribution in [2.75, 3.05) is 7.11 Å². The number of benzene rings is 1. The quantitative estimate of drug-likeness (QED) is 0.593. The molecule has 0 saturated carbocycles. The minimum atomic E-state index is -1.26. The largest absolute Gasteiger partial charge is 0.497 e. The van der Waals surface area contributed by atoms with Gasteiger partial charge in [0, 0.05) is 42.4 Å². The molecule has 0 spiro atoms. The number of aryl methyl sites for hydroxylation is 1. The fourth-order valence-electron chi connectivity index (χ4n) is 3.15. The predicted octanol–water partition coefficient (Wildman–Crippen LogP) is 2.44. The van der Waals surface area contributed by atoms with Gasteiger partial charge in [0.1, 0.15) is 5.75 Å². The molecule has 3 rings (SSSR count). The topological polar surface area (TPSA) is 115 Å². The number of hydrogen-bond acceptors (Lipinski definition) is 4. The molecular weight excluding hydrogens is 348 g/mol. The Morgan fingerprint density at radius 2 is 1.85 bits per heavy atom. The van der Waals surface area contributed by atoms with E-state index in [0.29, 0.717) is 12.2 Å². The first-order valence-electron chi connectivity index (χ1n) is 8.48. The Hall–Kier alpha value is -3.06. The number of aromatic nitrogens is 1. The Morgan fingerprint density at radius 1 is 1.22 bits per heavy atom. The van der Waals surface area contributed by atoms with Gasteiger partial charge in [-0.2, -0.15) is 0 Å². The van der Waals surface area contributed by atoms with Crippen LogP contribution in [0.1, 0.15) is 23.7 Å². The summed E-state index contributed by atoms with van der Waals surface area (Å²) in [7, 11) is 1.71. The van der Waals surface area contributed by atoms with E-state index in [0.717, 1.165) is 18.7 Å². The highest BCUT2D eigenvalue weighted by Crippen LogP contribution is 2.40. The molecule has 1 atom stereocenters. The number of carbonyl (C=O) groups is 2. The molecule has 7 heteroatoms. The van der Waals surface area contributed by atoms with Crippen LogP contribution >= 0.6 is 0 Å². The van der Waals surface area contributed by atoms with E-state index in [1.807, 2.05) is 6.07 Å². The van der Waals surface area contributed by atoms with Gasteiger partial charge in [-0.25, -0.2) is 9.59 Å². The lowest BCUT2D eigenvalue weighted by atomic mass is 10.1. The lowest BCUT2D eigenvalue weighted by molar-refractivity contribution is -0.134. The minimum Gasteiger partial charge on any atom is -0.497 e. The van der Waals surface area contributed by atoms with E-state index in [9.17, 15) is 9.59 Å². The number of methoxy groups -OCH3 is 1. The molecule has 144 valence electrons. The van der Waals surface area contributed by atoms with Crippen LogP contribution in [0.5, 0.6) is 5.75 Å². The number of rotatable bonds is 5. The summed E-state index contributed by atoms with van der Waals surface area (Å²) in [5, 5.41) is 15.6. The number of aliphatic carboxylic acids is 2. The van der Waals surface area contributed by atoms with Crippen LogP contribution in [-0.4, -0.2) is 39.9 Å². The maximum Gasteiger partial charge on any atom is 0.328 e. The SMILES string of the molecule is COc1ccc2c(c1)Cc1cc(C)n(CC(C)N)c1-2.O=C(O)C=CC(=O)O. The smallest absolute Gasteiger partial charge is 0.328 e. The second-order valence-corrected chi connectivity index (χ2v) is 6.46. The average Bonchev–Trinajstić information content (AvgIpc) is 3.08. The van der Waals surface area contributed by atoms with E-state index in [-0.39, 0.29) is 6.04 Å². The van der Waals surface area contributed by atoms with Crippen molar-refractivity contribution in [3.05, 3.63) is 53.2 Å². The van der Waals surface area contributed by atoms with Crippen molar-refractivity contribution in [1.29, 1.82) is 0 Å². The highest BCUT2D eigenvalue weighted by atomic mass is 16.5. The Bertz CT molecular complexity index is 865. The summed E-state index contributed by atoms with van der Waals surface area (Å²) in [5.74, 6) is -1.58. The van der Waals surface area contributed by atoms with Gasteiger partial charge in [-0.1, -0.05) is 0 Å². The van der Waals surface area contributed by atoms with E-state index >= 15 is 0 Å². The van der Waals surface area contributed by atoms with E-state index < -0.39 is 11.9 Å². The average molecular weight is 372 g/mol. The van der Waals surface area contributed by atoms with Crippen LogP contribution in [0.2, 0.25) is 0 Å². The first-order valence-corrected chi connectivity index (χ1v) is 8.48. The zero-order valence-electron chi connectivity index (χ0n) is 15.6. The van der Waals surface area contributed by atoms with E-state index in [1.165, 1.54) is 28.1 Å². The molecule has 2 aromatic rings. The maximum absolute atomic E-state index is 9.55. The van der Waals surface area contributed by atoms with Gasteiger partial charge >= 0.3 is 11.9 Å². The fourth-order valence-corrected chi connectivity index (χ4v) is 3.15. The molecule has 1 unspecified atom stereocenters. The number of hydrogen-bond donors (Lipinski definition) is 3. The summed E-state index contributed by atoms with van der Waals surface area (Å²) in [6.07, 6.45) is 2.11. The van der Waals surface area contributed by atoms with Crippen LogP contribution in [-0.2, 0) is 22.6 Å². The Kier molecular flexibility index (Phi) is 6.41. The molecular formula is C20H24N2O5. The molecule has 0 bridgehead atoms. The first-order chi connectivity index (χ1) is 12.7. The zero-order valence-corrected chi connectivity index (χ0v) is 15.6. The van der Waals surface area contributed by atoms with Crippen LogP contribution < -0.4 is 10.5 Å². The van der Waals surface area contributed by atoms with Crippen LogP contribution in [0.25, 0.3) is 11.3 Å². The predicted molar refractivity (Wildman–Crippen MR) is 102 cm³/mol. The molecule has 7 nitrogen and oxygen atoms in total. The summed E-state index contributed by atoms with van der Waals surface area (Å²) in [5.41, 5.74) is 12.7. The maximum atomic E-state index is 9.55. The highest BCUT2D eigenvalue weighted by molar-refractivity contribution is 5.89. The van der Waals surface area contributed by atoms with Crippen molar-refractivity contribution in [3.8, 4) is 17.0 Å². The molecule has 27 heavy (non-hydrogen) atoms. The van der Waals surface area contributed by atoms with Crippen LogP contribution in [0, 0.1) is 6.92 Å². The molecule has 0 radical (unpaired) electrons. The van der Waals surface area contributed by atoms with Gasteiger partial charge in [-0.05, 0) is 49.2 Å². The fraction of sp³-hybridized carbons (Fsp3) is 0.300. The second-order valence-electron chi connectivity index (χ2n) is 6.46. The molecule has 0 aliphatic heterocycles. The number of nitrogens with zero attached hydrogens (tertiary/aromatic N) is 1. The molecule has 1 aliphatic carbocycles. The van der Waals surface area contributed by atoms with Crippen molar-refractivity contribution in [1.82, 2.24) is 4.57 Å². The van der Waals surface area contributed by atoms with Gasteiger partial charge in [0.15, 0.2) is 0 Å². The van der Waals surface area contributed by atoms with Crippen molar-refractivity contribution in [2.45, 2.75) is 32.9 Å². The number of ether oxygens (including phenoxy) is 1. The number of fused-ring (bicyclic) bond motifs is 3. The van der Waals surface area contributed by atoms with E-state index in [2.05, 4.69) is 36.6 Å². The summed E-state index contributed by atoms with van der Waals surface area (Å²) < 4.78 is 7.65. The molecule has 0 saturated heterocycles. The number of carboxylic acids is 2. The summed E-state index contributed by atoms with van der Waals surface area (Å²) in [6, 6.07) is 8.78. The van der Waals surface area contributed by atoms with Crippen molar-refractivity contribution in [3.63, 3.8) is 0 Å².